The molecule has 24 heavy (non-hydrogen) atoms. The van der Waals surface area contributed by atoms with Crippen LogP contribution in [0.25, 0.3) is 11.3 Å². The average Bonchev–Trinajstić information content (AvgIpc) is 2.78. The molecule has 0 radical (unpaired) electrons. The molecule has 0 amide bonds. The molecule has 0 aromatic heterocycles. The molecule has 4 nitrogen and oxygen atoms in total. The van der Waals surface area contributed by atoms with E-state index in [2.05, 4.69) is 0 Å². The summed E-state index contributed by atoms with van der Waals surface area (Å²) in [6.07, 6.45) is 0. The summed E-state index contributed by atoms with van der Waals surface area (Å²) in [6.45, 7) is 3.28. The van der Waals surface area contributed by atoms with Crippen molar-refractivity contribution in [3.8, 4) is 0 Å². The Morgan fingerprint density at radius 3 is 2.33 bits per heavy atom. The van der Waals surface area contributed by atoms with Crippen molar-refractivity contribution in [3.63, 3.8) is 0 Å². The van der Waals surface area contributed by atoms with Crippen molar-refractivity contribution in [3.05, 3.63) is 65.5 Å². The molecule has 1 atom stereocenters. The predicted octanol–water partition coefficient (Wildman–Crippen LogP) is 3.31. The first-order valence-electron chi connectivity index (χ1n) is 7.23. The maximum atomic E-state index is 13.6. The lowest BCUT2D eigenvalue weighted by Crippen LogP contribution is -2.29. The van der Waals surface area contributed by atoms with Crippen molar-refractivity contribution in [1.82, 2.24) is 0 Å². The van der Waals surface area contributed by atoms with Crippen LogP contribution in [0.15, 0.2) is 53.4 Å². The molecule has 0 bridgehead atoms. The van der Waals surface area contributed by atoms with Gasteiger partial charge in [-0.3, -0.25) is 9.00 Å². The number of carbonyl (C=O) groups is 1. The molecule has 1 unspecified atom stereocenters. The largest absolute Gasteiger partial charge is 0.768 e. The highest BCUT2D eigenvalue weighted by Crippen LogP contribution is 2.41. The average molecular weight is 345 g/mol. The second kappa shape index (κ2) is 5.96. The normalized spacial score (nSPS) is 17.8. The van der Waals surface area contributed by atoms with E-state index in [1.54, 1.807) is 32.0 Å². The summed E-state index contributed by atoms with van der Waals surface area (Å²) in [6, 6.07) is 11.7. The lowest BCUT2D eigenvalue weighted by atomic mass is 9.92. The fourth-order valence-electron chi connectivity index (χ4n) is 2.58. The molecule has 1 aliphatic heterocycles. The summed E-state index contributed by atoms with van der Waals surface area (Å²) in [5, 5.41) is 0. The number of ketones is 1. The molecule has 6 heteroatoms. The van der Waals surface area contributed by atoms with Gasteiger partial charge in [-0.1, -0.05) is 24.3 Å². The van der Waals surface area contributed by atoms with Crippen LogP contribution in [0.2, 0.25) is 0 Å². The highest BCUT2D eigenvalue weighted by atomic mass is 32.2. The van der Waals surface area contributed by atoms with Crippen molar-refractivity contribution in [2.45, 2.75) is 24.3 Å². The van der Waals surface area contributed by atoms with Gasteiger partial charge in [-0.25, -0.2) is 4.39 Å². The Labute approximate surface area is 141 Å². The smallest absolute Gasteiger partial charge is 0.210 e. The van der Waals surface area contributed by atoms with Crippen LogP contribution in [0.4, 0.5) is 4.39 Å². The molecule has 0 N–H and O–H groups in total. The Morgan fingerprint density at radius 2 is 1.75 bits per heavy atom. The molecule has 1 aliphatic rings. The van der Waals surface area contributed by atoms with Gasteiger partial charge in [-0.2, -0.15) is 0 Å². The van der Waals surface area contributed by atoms with Crippen LogP contribution < -0.4 is 0 Å². The molecule has 2 aromatic carbocycles. The van der Waals surface area contributed by atoms with Crippen LogP contribution in [-0.2, 0) is 20.6 Å². The standard InChI is InChI=1S/C18H15FO4S/c1-18(2)17(20)15(12-4-3-5-13(19)10-12)16(23-18)11-6-8-14(9-7-11)24(21)22/h3-10H,1-2H3,(H,21,22)/p-1. The zero-order valence-electron chi connectivity index (χ0n) is 13.0. The molecule has 124 valence electrons. The monoisotopic (exact) mass is 345 g/mol. The molecule has 0 saturated carbocycles. The van der Waals surface area contributed by atoms with E-state index in [4.69, 9.17) is 4.74 Å². The predicted molar refractivity (Wildman–Crippen MR) is 87.0 cm³/mol. The third kappa shape index (κ3) is 2.90. The summed E-state index contributed by atoms with van der Waals surface area (Å²) >= 11 is -2.33. The molecule has 0 aliphatic carbocycles. The second-order valence-corrected chi connectivity index (χ2v) is 6.86. The number of halogens is 1. The van der Waals surface area contributed by atoms with Crippen LogP contribution in [0.3, 0.4) is 0 Å². The first-order chi connectivity index (χ1) is 11.3. The van der Waals surface area contributed by atoms with Crippen LogP contribution in [-0.4, -0.2) is 20.1 Å². The minimum atomic E-state index is -2.33. The van der Waals surface area contributed by atoms with Gasteiger partial charge in [-0.15, -0.1) is 0 Å². The maximum absolute atomic E-state index is 13.6. The summed E-state index contributed by atoms with van der Waals surface area (Å²) in [5.74, 6) is -0.382. The number of carbonyl (C=O) groups excluding carboxylic acids is 1. The second-order valence-electron chi connectivity index (χ2n) is 5.92. The van der Waals surface area contributed by atoms with E-state index in [1.807, 2.05) is 0 Å². The first-order valence-corrected chi connectivity index (χ1v) is 8.31. The third-order valence-electron chi connectivity index (χ3n) is 3.78. The molecule has 0 spiro atoms. The van der Waals surface area contributed by atoms with Crippen LogP contribution in [0, 0.1) is 5.82 Å². The Bertz CT molecular complexity index is 869. The number of rotatable bonds is 3. The van der Waals surface area contributed by atoms with Crippen molar-refractivity contribution >= 4 is 28.2 Å². The molecule has 2 aromatic rings. The highest BCUT2D eigenvalue weighted by Gasteiger charge is 2.42. The molecule has 0 fully saturated rings. The van der Waals surface area contributed by atoms with Crippen molar-refractivity contribution < 1.29 is 22.7 Å². The summed E-state index contributed by atoms with van der Waals surface area (Å²) < 4.78 is 41.3. The molecule has 3 rings (SSSR count). The highest BCUT2D eigenvalue weighted by molar-refractivity contribution is 7.79. The zero-order chi connectivity index (χ0) is 17.5. The van der Waals surface area contributed by atoms with Gasteiger partial charge in [-0.05, 0) is 54.8 Å². The molecular weight excluding hydrogens is 331 g/mol. The van der Waals surface area contributed by atoms with Gasteiger partial charge in [0, 0.05) is 10.5 Å². The number of benzene rings is 2. The number of ether oxygens (including phenoxy) is 1. The van der Waals surface area contributed by atoms with Gasteiger partial charge in [0.15, 0.2) is 5.60 Å². The molecule has 1 heterocycles. The van der Waals surface area contributed by atoms with Gasteiger partial charge in [0.1, 0.15) is 11.6 Å². The summed E-state index contributed by atoms with van der Waals surface area (Å²) in [7, 11) is 0. The van der Waals surface area contributed by atoms with Crippen LogP contribution >= 0.6 is 0 Å². The summed E-state index contributed by atoms with van der Waals surface area (Å²) in [5.41, 5.74) is 0.201. The zero-order valence-corrected chi connectivity index (χ0v) is 13.9. The number of hydrogen-bond acceptors (Lipinski definition) is 4. The Morgan fingerprint density at radius 1 is 1.08 bits per heavy atom. The first kappa shape index (κ1) is 16.5. The van der Waals surface area contributed by atoms with Gasteiger partial charge in [0.2, 0.25) is 5.78 Å². The van der Waals surface area contributed by atoms with E-state index >= 15 is 0 Å². The minimum absolute atomic E-state index is 0.134. The van der Waals surface area contributed by atoms with Gasteiger partial charge in [0.05, 0.1) is 5.57 Å². The van der Waals surface area contributed by atoms with Crippen molar-refractivity contribution in [2.24, 2.45) is 0 Å². The lowest BCUT2D eigenvalue weighted by Gasteiger charge is -2.18. The van der Waals surface area contributed by atoms with Crippen molar-refractivity contribution in [1.29, 1.82) is 0 Å². The lowest BCUT2D eigenvalue weighted by molar-refractivity contribution is -0.125. The Balaban J connectivity index is 2.16. The van der Waals surface area contributed by atoms with Crippen molar-refractivity contribution in [2.75, 3.05) is 0 Å². The fourth-order valence-corrected chi connectivity index (χ4v) is 2.94. The fraction of sp³-hybridized carbons (Fsp3) is 0.167. The van der Waals surface area contributed by atoms with Crippen LogP contribution in [0.1, 0.15) is 25.0 Å². The van der Waals surface area contributed by atoms with E-state index in [-0.39, 0.29) is 16.3 Å². The SMILES string of the molecule is CC1(C)OC(c2ccc(S(=O)[O-])cc2)=C(c2cccc(F)c2)C1=O. The van der Waals surface area contributed by atoms with Gasteiger partial charge in [0.25, 0.3) is 0 Å². The Hall–Kier alpha value is -2.31. The van der Waals surface area contributed by atoms with E-state index in [1.165, 1.54) is 30.3 Å². The number of hydrogen-bond donors (Lipinski definition) is 0. The van der Waals surface area contributed by atoms with E-state index < -0.39 is 22.5 Å². The Kier molecular flexibility index (Phi) is 4.11. The minimum Gasteiger partial charge on any atom is -0.768 e. The van der Waals surface area contributed by atoms with Crippen LogP contribution in [0.5, 0.6) is 0 Å². The van der Waals surface area contributed by atoms with Gasteiger partial charge < -0.3 is 9.29 Å². The number of Topliss-reactive ketones (excluding diaryl/α,β-unsaturated/α-hetero) is 1. The van der Waals surface area contributed by atoms with E-state index in [0.717, 1.165) is 0 Å². The van der Waals surface area contributed by atoms with E-state index in [9.17, 15) is 17.9 Å². The summed E-state index contributed by atoms with van der Waals surface area (Å²) in [4.78, 5) is 12.8. The maximum Gasteiger partial charge on any atom is 0.210 e. The topological polar surface area (TPSA) is 66.4 Å². The van der Waals surface area contributed by atoms with E-state index in [0.29, 0.717) is 16.9 Å². The quantitative estimate of drug-likeness (QED) is 0.801. The van der Waals surface area contributed by atoms with Gasteiger partial charge >= 0.3 is 0 Å². The molecular formula is C18H14FO4S-. The molecule has 0 saturated heterocycles. The third-order valence-corrected chi connectivity index (χ3v) is 4.44.